The quantitative estimate of drug-likeness (QED) is 0.220. The van der Waals surface area contributed by atoms with E-state index in [9.17, 15) is 19.1 Å². The number of para-hydroxylation sites is 1. The van der Waals surface area contributed by atoms with Gasteiger partial charge < -0.3 is 10.8 Å². The van der Waals surface area contributed by atoms with Crippen molar-refractivity contribution >= 4 is 5.91 Å². The van der Waals surface area contributed by atoms with Gasteiger partial charge in [0.05, 0.1) is 17.3 Å². The van der Waals surface area contributed by atoms with Crippen molar-refractivity contribution < 1.29 is 18.7 Å². The van der Waals surface area contributed by atoms with Crippen molar-refractivity contribution in [3.05, 3.63) is 117 Å². The summed E-state index contributed by atoms with van der Waals surface area (Å²) in [5.74, 6) is -2.49. The number of hydrogen-bond acceptors (Lipinski definition) is 5. The first-order chi connectivity index (χ1) is 21.2. The number of amides is 1. The lowest BCUT2D eigenvalue weighted by atomic mass is 9.96. The molecule has 224 valence electrons. The highest BCUT2D eigenvalue weighted by atomic mass is 19.1. The van der Waals surface area contributed by atoms with Crippen LogP contribution in [0, 0.1) is 11.6 Å². The van der Waals surface area contributed by atoms with Crippen LogP contribution in [-0.4, -0.2) is 30.3 Å². The van der Waals surface area contributed by atoms with Gasteiger partial charge in [-0.3, -0.25) is 18.8 Å². The number of aromatic nitrogens is 4. The minimum absolute atomic E-state index is 0.00454. The maximum atomic E-state index is 15.5. The number of hydrogen-bond donors (Lipinski definition) is 2. The molecule has 1 fully saturated rings. The van der Waals surface area contributed by atoms with E-state index >= 15 is 4.39 Å². The summed E-state index contributed by atoms with van der Waals surface area (Å²) in [7, 11) is 0. The molecule has 0 saturated heterocycles. The Morgan fingerprint density at radius 3 is 2.34 bits per heavy atom. The molecule has 0 radical (unpaired) electrons. The maximum absolute atomic E-state index is 15.5. The van der Waals surface area contributed by atoms with Gasteiger partial charge in [-0.25, -0.2) is 8.78 Å². The van der Waals surface area contributed by atoms with Crippen LogP contribution < -0.4 is 11.3 Å². The van der Waals surface area contributed by atoms with E-state index in [1.54, 1.807) is 12.1 Å². The molecule has 1 aliphatic carbocycles. The minimum Gasteiger partial charge on any atom is -0.493 e. The number of primary amides is 1. The van der Waals surface area contributed by atoms with E-state index < -0.39 is 29.0 Å². The van der Waals surface area contributed by atoms with Gasteiger partial charge >= 0.3 is 0 Å². The lowest BCUT2D eigenvalue weighted by molar-refractivity contribution is 0.100. The molecule has 8 nitrogen and oxygen atoms in total. The predicted octanol–water partition coefficient (Wildman–Crippen LogP) is 5.90. The highest BCUT2D eigenvalue weighted by Crippen LogP contribution is 2.35. The highest BCUT2D eigenvalue weighted by Gasteiger charge is 2.27. The molecule has 2 aromatic heterocycles. The van der Waals surface area contributed by atoms with Crippen LogP contribution in [0.2, 0.25) is 0 Å². The van der Waals surface area contributed by atoms with Crippen molar-refractivity contribution in [2.45, 2.75) is 52.0 Å². The topological polar surface area (TPSA) is 116 Å². The zero-order valence-corrected chi connectivity index (χ0v) is 24.3. The molecule has 0 atom stereocenters. The number of halogens is 2. The Morgan fingerprint density at radius 1 is 1.00 bits per heavy atom. The Balaban J connectivity index is 1.48. The second-order valence-electron chi connectivity index (χ2n) is 11.0. The second-order valence-corrected chi connectivity index (χ2v) is 11.0. The molecule has 1 aliphatic rings. The summed E-state index contributed by atoms with van der Waals surface area (Å²) in [6.45, 7) is 4.02. The zero-order chi connectivity index (χ0) is 31.1. The summed E-state index contributed by atoms with van der Waals surface area (Å²) < 4.78 is 32.6. The number of nitrogens with zero attached hydrogens (tertiary/aromatic N) is 4. The standard InChI is InChI=1S/C34H31F2N5O3/c1-3-20-6-5-7-21(4-2)30(20)41-32(29-14-15-40(39-29)23-10-11-23)38-33(43)27(34(41)44)16-19-8-12-25(28(36)17-19)24-13-9-22(35)18-26(24)31(37)42/h5-9,12-15,17-18,23,43H,3-4,10-11,16H2,1-2H3,(H2,37,42). The number of benzene rings is 3. The summed E-state index contributed by atoms with van der Waals surface area (Å²) >= 11 is 0. The molecule has 5 aromatic rings. The van der Waals surface area contributed by atoms with Crippen LogP contribution in [0.1, 0.15) is 65.3 Å². The number of carbonyl (C=O) groups excluding carboxylic acids is 1. The minimum atomic E-state index is -0.889. The van der Waals surface area contributed by atoms with Crippen molar-refractivity contribution in [1.29, 1.82) is 0 Å². The SMILES string of the molecule is CCc1cccc(CC)c1-n1c(-c2ccn(C3CC3)n2)nc(O)c(Cc2ccc(-c3ccc(F)cc3C(N)=O)c(F)c2)c1=O. The lowest BCUT2D eigenvalue weighted by Gasteiger charge is -2.19. The van der Waals surface area contributed by atoms with Crippen LogP contribution in [0.3, 0.4) is 0 Å². The molecule has 1 amide bonds. The number of carbonyl (C=O) groups is 1. The monoisotopic (exact) mass is 595 g/mol. The Bertz CT molecular complexity index is 1950. The molecule has 44 heavy (non-hydrogen) atoms. The maximum Gasteiger partial charge on any atom is 0.265 e. The normalized spacial score (nSPS) is 12.9. The first kappa shape index (κ1) is 29.0. The molecule has 3 aromatic carbocycles. The average molecular weight is 596 g/mol. The van der Waals surface area contributed by atoms with Crippen molar-refractivity contribution in [2.75, 3.05) is 0 Å². The lowest BCUT2D eigenvalue weighted by Crippen LogP contribution is -2.27. The van der Waals surface area contributed by atoms with Gasteiger partial charge in [0.15, 0.2) is 5.82 Å². The fourth-order valence-electron chi connectivity index (χ4n) is 5.63. The Labute approximate surface area is 252 Å². The molecule has 0 unspecified atom stereocenters. The Hall–Kier alpha value is -5.12. The van der Waals surface area contributed by atoms with Crippen molar-refractivity contribution in [2.24, 2.45) is 5.73 Å². The van der Waals surface area contributed by atoms with E-state index in [1.165, 1.54) is 22.8 Å². The summed E-state index contributed by atoms with van der Waals surface area (Å²) in [5, 5.41) is 15.8. The van der Waals surface area contributed by atoms with Crippen molar-refractivity contribution in [3.63, 3.8) is 0 Å². The van der Waals surface area contributed by atoms with Crippen molar-refractivity contribution in [3.8, 4) is 34.2 Å². The smallest absolute Gasteiger partial charge is 0.265 e. The molecule has 1 saturated carbocycles. The molecule has 0 spiro atoms. The van der Waals surface area contributed by atoms with Gasteiger partial charge in [0.2, 0.25) is 11.8 Å². The molecule has 0 bridgehead atoms. The summed E-state index contributed by atoms with van der Waals surface area (Å²) in [5.41, 5.74) is 8.39. The number of aromatic hydroxyl groups is 1. The van der Waals surface area contributed by atoms with E-state index in [4.69, 9.17) is 5.73 Å². The fourth-order valence-corrected chi connectivity index (χ4v) is 5.63. The number of aryl methyl sites for hydroxylation is 2. The molecule has 3 N–H and O–H groups in total. The third-order valence-electron chi connectivity index (χ3n) is 8.05. The van der Waals surface area contributed by atoms with Gasteiger partial charge in [-0.15, -0.1) is 0 Å². The van der Waals surface area contributed by atoms with Gasteiger partial charge in [0, 0.05) is 23.7 Å². The van der Waals surface area contributed by atoms with Crippen LogP contribution in [-0.2, 0) is 19.3 Å². The highest BCUT2D eigenvalue weighted by molar-refractivity contribution is 5.99. The fraction of sp³-hybridized carbons (Fsp3) is 0.235. The van der Waals surface area contributed by atoms with Gasteiger partial charge in [-0.2, -0.15) is 10.1 Å². The zero-order valence-electron chi connectivity index (χ0n) is 24.3. The van der Waals surface area contributed by atoms with E-state index in [0.717, 1.165) is 36.1 Å². The van der Waals surface area contributed by atoms with Crippen LogP contribution in [0.4, 0.5) is 8.78 Å². The first-order valence-electron chi connectivity index (χ1n) is 14.6. The molecule has 2 heterocycles. The predicted molar refractivity (Wildman–Crippen MR) is 163 cm³/mol. The largest absolute Gasteiger partial charge is 0.493 e. The summed E-state index contributed by atoms with van der Waals surface area (Å²) in [6, 6.07) is 15.6. The van der Waals surface area contributed by atoms with E-state index in [0.29, 0.717) is 35.8 Å². The molecular weight excluding hydrogens is 564 g/mol. The van der Waals surface area contributed by atoms with Crippen LogP contribution in [0.15, 0.2) is 71.7 Å². The molecule has 6 rings (SSSR count). The first-order valence-corrected chi connectivity index (χ1v) is 14.6. The van der Waals surface area contributed by atoms with E-state index in [-0.39, 0.29) is 34.5 Å². The Kier molecular flexibility index (Phi) is 7.59. The second kappa shape index (κ2) is 11.5. The van der Waals surface area contributed by atoms with Gasteiger partial charge in [-0.1, -0.05) is 50.2 Å². The van der Waals surface area contributed by atoms with Crippen LogP contribution >= 0.6 is 0 Å². The van der Waals surface area contributed by atoms with Crippen LogP contribution in [0.25, 0.3) is 28.3 Å². The average Bonchev–Trinajstić information content (AvgIpc) is 3.75. The molecular formula is C34H31F2N5O3. The number of rotatable bonds is 9. The van der Waals surface area contributed by atoms with Crippen molar-refractivity contribution in [1.82, 2.24) is 19.3 Å². The van der Waals surface area contributed by atoms with E-state index in [1.807, 2.05) is 42.9 Å². The summed E-state index contributed by atoms with van der Waals surface area (Å²) in [6.07, 6.45) is 5.12. The third kappa shape index (κ3) is 5.27. The Morgan fingerprint density at radius 2 is 1.70 bits per heavy atom. The van der Waals surface area contributed by atoms with Crippen LogP contribution in [0.5, 0.6) is 5.88 Å². The van der Waals surface area contributed by atoms with Gasteiger partial charge in [0.25, 0.3) is 5.56 Å². The third-order valence-corrected chi connectivity index (χ3v) is 8.05. The molecule has 0 aliphatic heterocycles. The summed E-state index contributed by atoms with van der Waals surface area (Å²) in [4.78, 5) is 30.8. The van der Waals surface area contributed by atoms with Gasteiger partial charge in [-0.05, 0) is 72.2 Å². The van der Waals surface area contributed by atoms with E-state index in [2.05, 4.69) is 10.1 Å². The van der Waals surface area contributed by atoms with Gasteiger partial charge in [0.1, 0.15) is 17.3 Å². The number of nitrogens with two attached hydrogens (primary N) is 1. The molecule has 10 heteroatoms.